The van der Waals surface area contributed by atoms with Gasteiger partial charge in [0.2, 0.25) is 0 Å². The molecular formula is C10H14O5. The third kappa shape index (κ3) is 7.42. The lowest BCUT2D eigenvalue weighted by molar-refractivity contribution is -0.145. The van der Waals surface area contributed by atoms with Gasteiger partial charge in [-0.3, -0.25) is 4.79 Å². The van der Waals surface area contributed by atoms with Crippen LogP contribution in [0.3, 0.4) is 0 Å². The highest BCUT2D eigenvalue weighted by Crippen LogP contribution is 2.00. The van der Waals surface area contributed by atoms with E-state index in [9.17, 15) is 14.4 Å². The van der Waals surface area contributed by atoms with Gasteiger partial charge in [0.25, 0.3) is 0 Å². The van der Waals surface area contributed by atoms with Crippen LogP contribution < -0.4 is 0 Å². The van der Waals surface area contributed by atoms with Crippen LogP contribution in [-0.2, 0) is 19.1 Å². The number of carbonyl (C=O) groups excluding carboxylic acids is 2. The van der Waals surface area contributed by atoms with E-state index in [2.05, 4.69) is 6.58 Å². The van der Waals surface area contributed by atoms with Gasteiger partial charge in [0.05, 0.1) is 13.0 Å². The third-order valence-corrected chi connectivity index (χ3v) is 1.65. The molecular weight excluding hydrogens is 200 g/mol. The van der Waals surface area contributed by atoms with Gasteiger partial charge in [-0.05, 0) is 6.92 Å². The lowest BCUT2D eigenvalue weighted by atomic mass is 10.2. The molecule has 1 N–H and O–H groups in total. The Labute approximate surface area is 87.7 Å². The van der Waals surface area contributed by atoms with E-state index in [0.717, 1.165) is 0 Å². The Hall–Kier alpha value is -1.65. The van der Waals surface area contributed by atoms with Crippen LogP contribution in [0.1, 0.15) is 26.2 Å². The lowest BCUT2D eigenvalue weighted by Gasteiger charge is -2.03. The van der Waals surface area contributed by atoms with Gasteiger partial charge < -0.3 is 14.6 Å². The second-order valence-corrected chi connectivity index (χ2v) is 3.08. The van der Waals surface area contributed by atoms with Crippen molar-refractivity contribution < 1.29 is 24.2 Å². The quantitative estimate of drug-likeness (QED) is 0.503. The largest absolute Gasteiger partial charge is 0.478 e. The van der Waals surface area contributed by atoms with Crippen LogP contribution in [0.15, 0.2) is 12.2 Å². The summed E-state index contributed by atoms with van der Waals surface area (Å²) in [6.07, 6.45) is 0.286. The van der Waals surface area contributed by atoms with E-state index in [1.165, 1.54) is 6.92 Å². The molecule has 0 radical (unpaired) electrons. The lowest BCUT2D eigenvalue weighted by Crippen LogP contribution is -2.09. The second kappa shape index (κ2) is 6.75. The van der Waals surface area contributed by atoms with Crippen molar-refractivity contribution in [3.8, 4) is 0 Å². The van der Waals surface area contributed by atoms with Crippen LogP contribution in [0, 0.1) is 0 Å². The Balaban J connectivity index is 3.59. The van der Waals surface area contributed by atoms with Crippen LogP contribution in [-0.4, -0.2) is 29.4 Å². The number of ketones is 1. The zero-order valence-electron chi connectivity index (χ0n) is 8.62. The molecule has 0 unspecified atom stereocenters. The number of hydrogen-bond acceptors (Lipinski definition) is 4. The maximum Gasteiger partial charge on any atom is 0.331 e. The summed E-state index contributed by atoms with van der Waals surface area (Å²) in [6.45, 7) is 4.66. The summed E-state index contributed by atoms with van der Waals surface area (Å²) in [5, 5.41) is 8.44. The van der Waals surface area contributed by atoms with E-state index in [1.807, 2.05) is 0 Å². The molecule has 0 spiro atoms. The number of rotatable bonds is 7. The molecule has 15 heavy (non-hydrogen) atoms. The van der Waals surface area contributed by atoms with Crippen molar-refractivity contribution in [2.75, 3.05) is 6.61 Å². The molecule has 0 aliphatic heterocycles. The SMILES string of the molecule is C=C(CCOC(=O)CCC(C)=O)C(=O)O. The molecule has 0 atom stereocenters. The molecule has 0 aromatic carbocycles. The average Bonchev–Trinajstić information content (AvgIpc) is 2.14. The summed E-state index contributed by atoms with van der Waals surface area (Å²) in [5.74, 6) is -1.68. The Bertz CT molecular complexity index is 280. The highest BCUT2D eigenvalue weighted by molar-refractivity contribution is 5.85. The maximum atomic E-state index is 10.9. The first-order chi connectivity index (χ1) is 6.93. The monoisotopic (exact) mass is 214 g/mol. The predicted octanol–water partition coefficient (Wildman–Crippen LogP) is 0.930. The predicted molar refractivity (Wildman–Crippen MR) is 52.3 cm³/mol. The zero-order valence-corrected chi connectivity index (χ0v) is 8.62. The van der Waals surface area contributed by atoms with Crippen molar-refractivity contribution in [3.05, 3.63) is 12.2 Å². The van der Waals surface area contributed by atoms with Crippen molar-refractivity contribution in [2.24, 2.45) is 0 Å². The van der Waals surface area contributed by atoms with Crippen LogP contribution >= 0.6 is 0 Å². The summed E-state index contributed by atoms with van der Waals surface area (Å²) in [5.41, 5.74) is -0.00521. The fourth-order valence-corrected chi connectivity index (χ4v) is 0.745. The minimum Gasteiger partial charge on any atom is -0.478 e. The number of aliphatic carboxylic acids is 1. The second-order valence-electron chi connectivity index (χ2n) is 3.08. The van der Waals surface area contributed by atoms with Gasteiger partial charge in [-0.25, -0.2) is 4.79 Å². The fourth-order valence-electron chi connectivity index (χ4n) is 0.745. The summed E-state index contributed by atoms with van der Waals surface area (Å²) in [7, 11) is 0. The van der Waals surface area contributed by atoms with Crippen molar-refractivity contribution in [3.63, 3.8) is 0 Å². The molecule has 0 fully saturated rings. The minimum absolute atomic E-state index is 0.00521. The molecule has 0 aliphatic carbocycles. The number of ether oxygens (including phenoxy) is 1. The van der Waals surface area contributed by atoms with Crippen LogP contribution in [0.2, 0.25) is 0 Å². The number of carboxylic acids is 1. The molecule has 84 valence electrons. The maximum absolute atomic E-state index is 10.9. The molecule has 0 heterocycles. The Kier molecular flexibility index (Phi) is 6.01. The number of carboxylic acid groups (broad SMARTS) is 1. The Morgan fingerprint density at radius 2 is 1.80 bits per heavy atom. The number of Topliss-reactive ketones (excluding diaryl/α,β-unsaturated/α-hetero) is 1. The van der Waals surface area contributed by atoms with Crippen molar-refractivity contribution in [2.45, 2.75) is 26.2 Å². The van der Waals surface area contributed by atoms with Gasteiger partial charge >= 0.3 is 11.9 Å². The van der Waals surface area contributed by atoms with E-state index in [1.54, 1.807) is 0 Å². The minimum atomic E-state index is -1.10. The van der Waals surface area contributed by atoms with Crippen LogP contribution in [0.4, 0.5) is 0 Å². The van der Waals surface area contributed by atoms with Crippen LogP contribution in [0.25, 0.3) is 0 Å². The first-order valence-corrected chi connectivity index (χ1v) is 4.49. The van der Waals surface area contributed by atoms with Gasteiger partial charge in [-0.2, -0.15) is 0 Å². The summed E-state index contributed by atoms with van der Waals surface area (Å²) < 4.78 is 4.70. The van der Waals surface area contributed by atoms with E-state index < -0.39 is 11.9 Å². The highest BCUT2D eigenvalue weighted by Gasteiger charge is 2.07. The van der Waals surface area contributed by atoms with E-state index in [0.29, 0.717) is 0 Å². The van der Waals surface area contributed by atoms with E-state index >= 15 is 0 Å². The smallest absolute Gasteiger partial charge is 0.331 e. The number of carbonyl (C=O) groups is 3. The molecule has 0 saturated heterocycles. The van der Waals surface area contributed by atoms with Crippen molar-refractivity contribution in [1.29, 1.82) is 0 Å². The van der Waals surface area contributed by atoms with Gasteiger partial charge in [0.1, 0.15) is 5.78 Å². The molecule has 0 rings (SSSR count). The molecule has 5 heteroatoms. The topological polar surface area (TPSA) is 80.7 Å². The molecule has 0 bridgehead atoms. The fraction of sp³-hybridized carbons (Fsp3) is 0.500. The van der Waals surface area contributed by atoms with Crippen LogP contribution in [0.5, 0.6) is 0 Å². The van der Waals surface area contributed by atoms with Gasteiger partial charge in [0, 0.05) is 18.4 Å². The molecule has 5 nitrogen and oxygen atoms in total. The molecule has 0 aromatic heterocycles. The average molecular weight is 214 g/mol. The number of esters is 1. The molecule has 0 aromatic rings. The Morgan fingerprint density at radius 3 is 2.27 bits per heavy atom. The zero-order chi connectivity index (χ0) is 11.8. The van der Waals surface area contributed by atoms with Crippen molar-refractivity contribution in [1.82, 2.24) is 0 Å². The first kappa shape index (κ1) is 13.4. The number of hydrogen-bond donors (Lipinski definition) is 1. The van der Waals surface area contributed by atoms with Gasteiger partial charge in [-0.15, -0.1) is 0 Å². The summed E-state index contributed by atoms with van der Waals surface area (Å²) in [6, 6.07) is 0. The normalized spacial score (nSPS) is 9.40. The first-order valence-electron chi connectivity index (χ1n) is 4.49. The third-order valence-electron chi connectivity index (χ3n) is 1.65. The molecule has 0 amide bonds. The van der Waals surface area contributed by atoms with Gasteiger partial charge in [0.15, 0.2) is 0 Å². The standard InChI is InChI=1S/C10H14O5/c1-7(10(13)14)5-6-15-9(12)4-3-8(2)11/h1,3-6H2,2H3,(H,13,14). The molecule has 0 saturated carbocycles. The highest BCUT2D eigenvalue weighted by atomic mass is 16.5. The van der Waals surface area contributed by atoms with E-state index in [-0.39, 0.29) is 37.2 Å². The van der Waals surface area contributed by atoms with Gasteiger partial charge in [-0.1, -0.05) is 6.58 Å². The summed E-state index contributed by atoms with van der Waals surface area (Å²) >= 11 is 0. The summed E-state index contributed by atoms with van der Waals surface area (Å²) in [4.78, 5) is 31.8. The van der Waals surface area contributed by atoms with E-state index in [4.69, 9.17) is 9.84 Å². The molecule has 0 aliphatic rings. The van der Waals surface area contributed by atoms with Crippen molar-refractivity contribution >= 4 is 17.7 Å². The Morgan fingerprint density at radius 1 is 1.20 bits per heavy atom.